The van der Waals surface area contributed by atoms with E-state index in [0.717, 1.165) is 0 Å². The second-order valence-corrected chi connectivity index (χ2v) is 4.39. The number of nitrogens with zero attached hydrogens (tertiary/aromatic N) is 1. The Balaban J connectivity index is 3.00. The number of aliphatic hydroxyl groups is 1. The number of aliphatic hydroxyl groups excluding tert-OH is 1. The molecule has 1 unspecified atom stereocenters. The van der Waals surface area contributed by atoms with Gasteiger partial charge in [-0.15, -0.1) is 0 Å². The molecule has 6 nitrogen and oxygen atoms in total. The minimum atomic E-state index is -0.676. The topological polar surface area (TPSA) is 92.5 Å². The van der Waals surface area contributed by atoms with Crippen LogP contribution in [0.2, 0.25) is 5.02 Å². The highest BCUT2D eigenvalue weighted by molar-refractivity contribution is 6.33. The van der Waals surface area contributed by atoms with Crippen LogP contribution in [-0.2, 0) is 0 Å². The van der Waals surface area contributed by atoms with Gasteiger partial charge in [-0.3, -0.25) is 14.9 Å². The Morgan fingerprint density at radius 3 is 2.79 bits per heavy atom. The second-order valence-electron chi connectivity index (χ2n) is 3.98. The molecule has 104 valence electrons. The van der Waals surface area contributed by atoms with Gasteiger partial charge in [0.1, 0.15) is 10.6 Å². The number of benzene rings is 1. The van der Waals surface area contributed by atoms with Crippen molar-refractivity contribution in [2.24, 2.45) is 0 Å². The van der Waals surface area contributed by atoms with Gasteiger partial charge >= 0.3 is 5.69 Å². The first-order valence-corrected chi connectivity index (χ1v) is 6.23. The maximum absolute atomic E-state index is 12.0. The SMILES string of the molecule is CCC(CCO)NC(=O)c1cccc(Cl)c1[N+](=O)[O-]. The molecule has 7 heteroatoms. The Bertz CT molecular complexity index is 479. The van der Waals surface area contributed by atoms with Crippen LogP contribution in [0.25, 0.3) is 0 Å². The van der Waals surface area contributed by atoms with Crippen molar-refractivity contribution in [3.8, 4) is 0 Å². The van der Waals surface area contributed by atoms with Crippen molar-refractivity contribution in [2.75, 3.05) is 6.61 Å². The quantitative estimate of drug-likeness (QED) is 0.619. The predicted octanol–water partition coefficient (Wildman–Crippen LogP) is 2.14. The van der Waals surface area contributed by atoms with Crippen LogP contribution in [0, 0.1) is 10.1 Å². The molecule has 1 aromatic carbocycles. The lowest BCUT2D eigenvalue weighted by Gasteiger charge is -2.15. The van der Waals surface area contributed by atoms with Gasteiger partial charge in [-0.2, -0.15) is 0 Å². The van der Waals surface area contributed by atoms with Gasteiger partial charge < -0.3 is 10.4 Å². The first kappa shape index (κ1) is 15.4. The first-order chi connectivity index (χ1) is 9.01. The minimum Gasteiger partial charge on any atom is -0.396 e. The number of carbonyl (C=O) groups excluding carboxylic acids is 1. The zero-order valence-corrected chi connectivity index (χ0v) is 11.2. The fraction of sp³-hybridized carbons (Fsp3) is 0.417. The van der Waals surface area contributed by atoms with E-state index in [0.29, 0.717) is 12.8 Å². The number of halogens is 1. The van der Waals surface area contributed by atoms with Gasteiger partial charge in [0.05, 0.1) is 4.92 Å². The van der Waals surface area contributed by atoms with E-state index in [1.54, 1.807) is 0 Å². The highest BCUT2D eigenvalue weighted by Crippen LogP contribution is 2.28. The molecule has 0 aliphatic carbocycles. The molecule has 19 heavy (non-hydrogen) atoms. The smallest absolute Gasteiger partial charge is 0.300 e. The molecular weight excluding hydrogens is 272 g/mol. The molecule has 0 spiro atoms. The van der Waals surface area contributed by atoms with Crippen molar-refractivity contribution in [2.45, 2.75) is 25.8 Å². The van der Waals surface area contributed by atoms with Crippen LogP contribution in [0.15, 0.2) is 18.2 Å². The van der Waals surface area contributed by atoms with Crippen molar-refractivity contribution in [1.29, 1.82) is 0 Å². The molecule has 1 amide bonds. The summed E-state index contributed by atoms with van der Waals surface area (Å²) in [6.45, 7) is 1.80. The lowest BCUT2D eigenvalue weighted by atomic mass is 10.1. The number of amides is 1. The zero-order chi connectivity index (χ0) is 14.4. The number of nitro groups is 1. The molecule has 0 aliphatic heterocycles. The Hall–Kier alpha value is -1.66. The van der Waals surface area contributed by atoms with Gasteiger partial charge in [0.15, 0.2) is 0 Å². The third kappa shape index (κ3) is 3.90. The predicted molar refractivity (Wildman–Crippen MR) is 71.4 cm³/mol. The van der Waals surface area contributed by atoms with Gasteiger partial charge in [-0.1, -0.05) is 24.6 Å². The molecule has 1 rings (SSSR count). The maximum atomic E-state index is 12.0. The number of rotatable bonds is 6. The molecule has 0 saturated carbocycles. The third-order valence-electron chi connectivity index (χ3n) is 2.72. The summed E-state index contributed by atoms with van der Waals surface area (Å²) in [7, 11) is 0. The van der Waals surface area contributed by atoms with Crippen LogP contribution in [0.5, 0.6) is 0 Å². The Morgan fingerprint density at radius 1 is 1.58 bits per heavy atom. The normalized spacial score (nSPS) is 11.9. The summed E-state index contributed by atoms with van der Waals surface area (Å²) in [5.74, 6) is -0.561. The van der Waals surface area contributed by atoms with Crippen LogP contribution in [-0.4, -0.2) is 28.6 Å². The average Bonchev–Trinajstić information content (AvgIpc) is 2.37. The zero-order valence-electron chi connectivity index (χ0n) is 10.4. The first-order valence-electron chi connectivity index (χ1n) is 5.85. The summed E-state index contributed by atoms with van der Waals surface area (Å²) in [5.41, 5.74) is -0.477. The molecular formula is C12H15ClN2O4. The molecule has 1 aromatic rings. The summed E-state index contributed by atoms with van der Waals surface area (Å²) in [6.07, 6.45) is 1.03. The van der Waals surface area contributed by atoms with Crippen molar-refractivity contribution in [1.82, 2.24) is 5.32 Å². The van der Waals surface area contributed by atoms with Crippen molar-refractivity contribution in [3.63, 3.8) is 0 Å². The second kappa shape index (κ2) is 7.06. The van der Waals surface area contributed by atoms with E-state index in [9.17, 15) is 14.9 Å². The van der Waals surface area contributed by atoms with E-state index < -0.39 is 16.5 Å². The van der Waals surface area contributed by atoms with E-state index in [1.807, 2.05) is 6.92 Å². The Kier molecular flexibility index (Phi) is 5.72. The number of carbonyl (C=O) groups is 1. The molecule has 2 N–H and O–H groups in total. The van der Waals surface area contributed by atoms with Gasteiger partial charge in [0, 0.05) is 12.6 Å². The Labute approximate surface area is 115 Å². The molecule has 1 atom stereocenters. The summed E-state index contributed by atoms with van der Waals surface area (Å²) in [4.78, 5) is 22.3. The number of hydrogen-bond donors (Lipinski definition) is 2. The highest BCUT2D eigenvalue weighted by atomic mass is 35.5. The number of nitro benzene ring substituents is 1. The number of nitrogens with one attached hydrogen (secondary N) is 1. The highest BCUT2D eigenvalue weighted by Gasteiger charge is 2.24. The van der Waals surface area contributed by atoms with Crippen LogP contribution >= 0.6 is 11.6 Å². The Morgan fingerprint density at radius 2 is 2.26 bits per heavy atom. The van der Waals surface area contributed by atoms with Crippen LogP contribution in [0.1, 0.15) is 30.1 Å². The van der Waals surface area contributed by atoms with Gasteiger partial charge in [0.25, 0.3) is 5.91 Å². The van der Waals surface area contributed by atoms with Crippen molar-refractivity contribution < 1.29 is 14.8 Å². The van der Waals surface area contributed by atoms with E-state index in [-0.39, 0.29) is 23.2 Å². The fourth-order valence-electron chi connectivity index (χ4n) is 1.68. The lowest BCUT2D eigenvalue weighted by molar-refractivity contribution is -0.385. The summed E-state index contributed by atoms with van der Waals surface area (Å²) < 4.78 is 0. The molecule has 0 aromatic heterocycles. The van der Waals surface area contributed by atoms with Crippen LogP contribution in [0.3, 0.4) is 0 Å². The number of hydrogen-bond acceptors (Lipinski definition) is 4. The maximum Gasteiger partial charge on any atom is 0.300 e. The summed E-state index contributed by atoms with van der Waals surface area (Å²) >= 11 is 5.74. The van der Waals surface area contributed by atoms with Crippen molar-refractivity contribution >= 4 is 23.2 Å². The molecule has 0 aliphatic rings. The summed E-state index contributed by atoms with van der Waals surface area (Å²) in [6, 6.07) is 3.97. The fourth-order valence-corrected chi connectivity index (χ4v) is 1.93. The summed E-state index contributed by atoms with van der Waals surface area (Å²) in [5, 5.41) is 22.4. The van der Waals surface area contributed by atoms with Crippen LogP contribution in [0.4, 0.5) is 5.69 Å². The van der Waals surface area contributed by atoms with Gasteiger partial charge in [-0.25, -0.2) is 0 Å². The van der Waals surface area contributed by atoms with Gasteiger partial charge in [0.2, 0.25) is 0 Å². The van der Waals surface area contributed by atoms with Crippen molar-refractivity contribution in [3.05, 3.63) is 38.9 Å². The standard InChI is InChI=1S/C12H15ClN2O4/c1-2-8(6-7-16)14-12(17)9-4-3-5-10(13)11(9)15(18)19/h3-5,8,16H,2,6-7H2,1H3,(H,14,17). The third-order valence-corrected chi connectivity index (χ3v) is 3.02. The molecule has 0 heterocycles. The van der Waals surface area contributed by atoms with E-state index in [4.69, 9.17) is 16.7 Å². The van der Waals surface area contributed by atoms with E-state index in [1.165, 1.54) is 18.2 Å². The number of para-hydroxylation sites is 1. The monoisotopic (exact) mass is 286 g/mol. The molecule has 0 fully saturated rings. The lowest BCUT2D eigenvalue weighted by Crippen LogP contribution is -2.35. The molecule has 0 bridgehead atoms. The molecule has 0 radical (unpaired) electrons. The minimum absolute atomic E-state index is 0.0591. The molecule has 0 saturated heterocycles. The van der Waals surface area contributed by atoms with Crippen LogP contribution < -0.4 is 5.32 Å². The van der Waals surface area contributed by atoms with E-state index >= 15 is 0 Å². The largest absolute Gasteiger partial charge is 0.396 e. The van der Waals surface area contributed by atoms with E-state index in [2.05, 4.69) is 5.32 Å². The van der Waals surface area contributed by atoms with Gasteiger partial charge in [-0.05, 0) is 25.0 Å². The average molecular weight is 287 g/mol.